The Kier molecular flexibility index (Phi) is 7.20. The van der Waals surface area contributed by atoms with Gasteiger partial charge < -0.3 is 8.98 Å². The smallest absolute Gasteiger partial charge is 0.164 e. The Morgan fingerprint density at radius 1 is 0.407 bits per heavy atom. The van der Waals surface area contributed by atoms with E-state index in [-0.39, 0.29) is 5.41 Å². The van der Waals surface area contributed by atoms with Crippen LogP contribution in [0, 0.1) is 0 Å². The predicted molar refractivity (Wildman–Crippen MR) is 241 cm³/mol. The topological polar surface area (TPSA) is 56.7 Å². The Labute approximate surface area is 340 Å². The Morgan fingerprint density at radius 2 is 1.03 bits per heavy atom. The fourth-order valence-corrected chi connectivity index (χ4v) is 9.41. The summed E-state index contributed by atoms with van der Waals surface area (Å²) in [6.07, 6.45) is 0. The molecular formula is C54H36N4O. The summed E-state index contributed by atoms with van der Waals surface area (Å²) >= 11 is 0. The molecule has 0 radical (unpaired) electrons. The van der Waals surface area contributed by atoms with E-state index in [0.29, 0.717) is 17.5 Å². The summed E-state index contributed by atoms with van der Waals surface area (Å²) in [5.41, 5.74) is 15.2. The molecule has 3 aromatic heterocycles. The lowest BCUT2D eigenvalue weighted by Gasteiger charge is -2.21. The summed E-state index contributed by atoms with van der Waals surface area (Å²) in [4.78, 5) is 15.3. The molecule has 59 heavy (non-hydrogen) atoms. The van der Waals surface area contributed by atoms with Gasteiger partial charge in [-0.1, -0.05) is 141 Å². The van der Waals surface area contributed by atoms with E-state index in [2.05, 4.69) is 170 Å². The van der Waals surface area contributed by atoms with Crippen molar-refractivity contribution in [3.8, 4) is 62.1 Å². The summed E-state index contributed by atoms with van der Waals surface area (Å²) in [5.74, 6) is 1.86. The first kappa shape index (κ1) is 33.5. The van der Waals surface area contributed by atoms with Gasteiger partial charge >= 0.3 is 0 Å². The molecule has 0 atom stereocenters. The summed E-state index contributed by atoms with van der Waals surface area (Å²) < 4.78 is 9.00. The van der Waals surface area contributed by atoms with Crippen molar-refractivity contribution in [2.24, 2.45) is 0 Å². The van der Waals surface area contributed by atoms with Crippen LogP contribution >= 0.6 is 0 Å². The quantitative estimate of drug-likeness (QED) is 0.175. The number of benzene rings is 8. The summed E-state index contributed by atoms with van der Waals surface area (Å²) in [6, 6.07) is 64.2. The molecule has 278 valence electrons. The van der Waals surface area contributed by atoms with E-state index < -0.39 is 0 Å². The zero-order valence-corrected chi connectivity index (χ0v) is 32.5. The zero-order valence-electron chi connectivity index (χ0n) is 32.5. The number of rotatable bonds is 5. The Balaban J connectivity index is 0.993. The lowest BCUT2D eigenvalue weighted by atomic mass is 9.82. The van der Waals surface area contributed by atoms with E-state index in [1.165, 1.54) is 44.1 Å². The number of furan rings is 1. The van der Waals surface area contributed by atoms with E-state index >= 15 is 0 Å². The minimum Gasteiger partial charge on any atom is -0.456 e. The van der Waals surface area contributed by atoms with Crippen molar-refractivity contribution in [2.75, 3.05) is 0 Å². The average molecular weight is 757 g/mol. The minimum absolute atomic E-state index is 0.0820. The molecule has 1 aliphatic rings. The van der Waals surface area contributed by atoms with Crippen LogP contribution in [0.4, 0.5) is 0 Å². The Bertz CT molecular complexity index is 3470. The first-order valence-corrected chi connectivity index (χ1v) is 20.1. The van der Waals surface area contributed by atoms with Crippen molar-refractivity contribution in [2.45, 2.75) is 19.3 Å². The van der Waals surface area contributed by atoms with Crippen LogP contribution in [0.15, 0.2) is 186 Å². The van der Waals surface area contributed by atoms with E-state index in [9.17, 15) is 0 Å². The van der Waals surface area contributed by atoms with Crippen LogP contribution in [0.2, 0.25) is 0 Å². The van der Waals surface area contributed by atoms with Gasteiger partial charge in [0.05, 0.1) is 11.0 Å². The van der Waals surface area contributed by atoms with Crippen molar-refractivity contribution in [1.29, 1.82) is 0 Å². The van der Waals surface area contributed by atoms with Gasteiger partial charge in [-0.15, -0.1) is 0 Å². The van der Waals surface area contributed by atoms with Crippen molar-refractivity contribution in [3.05, 3.63) is 193 Å². The third kappa shape index (κ3) is 5.14. The molecule has 0 bridgehead atoms. The van der Waals surface area contributed by atoms with Gasteiger partial charge in [0.25, 0.3) is 0 Å². The van der Waals surface area contributed by atoms with Gasteiger partial charge in [0.15, 0.2) is 17.5 Å². The maximum Gasteiger partial charge on any atom is 0.164 e. The normalized spacial score (nSPS) is 13.1. The fourth-order valence-electron chi connectivity index (χ4n) is 9.41. The van der Waals surface area contributed by atoms with Crippen LogP contribution in [0.5, 0.6) is 0 Å². The van der Waals surface area contributed by atoms with Crippen LogP contribution in [-0.2, 0) is 5.41 Å². The molecule has 0 amide bonds. The predicted octanol–water partition coefficient (Wildman–Crippen LogP) is 13.8. The molecule has 0 fully saturated rings. The molecule has 0 unspecified atom stereocenters. The molecule has 5 nitrogen and oxygen atoms in total. The number of nitrogens with zero attached hydrogens (tertiary/aromatic N) is 4. The van der Waals surface area contributed by atoms with Gasteiger partial charge in [-0.3, -0.25) is 0 Å². The molecule has 12 rings (SSSR count). The van der Waals surface area contributed by atoms with Crippen molar-refractivity contribution in [3.63, 3.8) is 0 Å². The Morgan fingerprint density at radius 3 is 1.86 bits per heavy atom. The molecule has 5 heteroatoms. The molecule has 11 aromatic rings. The molecule has 3 heterocycles. The molecule has 0 saturated heterocycles. The summed E-state index contributed by atoms with van der Waals surface area (Å²) in [6.45, 7) is 4.60. The number of hydrogen-bond acceptors (Lipinski definition) is 4. The molecule has 1 aliphatic carbocycles. The zero-order chi connectivity index (χ0) is 39.2. The summed E-state index contributed by atoms with van der Waals surface area (Å²) in [7, 11) is 0. The molecule has 0 spiro atoms. The van der Waals surface area contributed by atoms with Crippen molar-refractivity contribution in [1.82, 2.24) is 19.5 Å². The highest BCUT2D eigenvalue weighted by Gasteiger charge is 2.35. The van der Waals surface area contributed by atoms with Crippen LogP contribution in [0.1, 0.15) is 25.0 Å². The van der Waals surface area contributed by atoms with Crippen LogP contribution in [0.3, 0.4) is 0 Å². The maximum absolute atomic E-state index is 6.65. The third-order valence-electron chi connectivity index (χ3n) is 12.3. The fraction of sp³-hybridized carbons (Fsp3) is 0.0556. The monoisotopic (exact) mass is 756 g/mol. The maximum atomic E-state index is 6.65. The number of para-hydroxylation sites is 2. The SMILES string of the molecule is CC1(C)c2ccccc2-c2cc(-c3nc(-c4ccccc4)nc(-c4ccc5c(c4)oc4cccc(-c6ccc7c(c6)c6ccccc6n7-c6ccccc6)c45)n3)ccc21. The highest BCUT2D eigenvalue weighted by molar-refractivity contribution is 6.15. The second-order valence-corrected chi connectivity index (χ2v) is 16.0. The van der Waals surface area contributed by atoms with Gasteiger partial charge in [0, 0.05) is 49.3 Å². The van der Waals surface area contributed by atoms with E-state index in [4.69, 9.17) is 19.4 Å². The highest BCUT2D eigenvalue weighted by atomic mass is 16.3. The van der Waals surface area contributed by atoms with Gasteiger partial charge in [-0.2, -0.15) is 0 Å². The van der Waals surface area contributed by atoms with Crippen molar-refractivity contribution < 1.29 is 4.42 Å². The van der Waals surface area contributed by atoms with E-state index in [1.807, 2.05) is 30.3 Å². The van der Waals surface area contributed by atoms with Crippen molar-refractivity contribution >= 4 is 43.7 Å². The van der Waals surface area contributed by atoms with Gasteiger partial charge in [-0.25, -0.2) is 15.0 Å². The second kappa shape index (κ2) is 12.7. The number of hydrogen-bond donors (Lipinski definition) is 0. The largest absolute Gasteiger partial charge is 0.456 e. The van der Waals surface area contributed by atoms with Crippen LogP contribution in [-0.4, -0.2) is 19.5 Å². The summed E-state index contributed by atoms with van der Waals surface area (Å²) in [5, 5.41) is 4.57. The second-order valence-electron chi connectivity index (χ2n) is 16.0. The average Bonchev–Trinajstić information content (AvgIpc) is 3.91. The first-order chi connectivity index (χ1) is 29.0. The molecule has 8 aromatic carbocycles. The lowest BCUT2D eigenvalue weighted by molar-refractivity contribution is 0.660. The number of fused-ring (bicyclic) bond motifs is 9. The van der Waals surface area contributed by atoms with Crippen LogP contribution < -0.4 is 0 Å². The lowest BCUT2D eigenvalue weighted by Crippen LogP contribution is -2.14. The highest BCUT2D eigenvalue weighted by Crippen LogP contribution is 2.49. The van der Waals surface area contributed by atoms with Gasteiger partial charge in [0.1, 0.15) is 11.2 Å². The third-order valence-corrected chi connectivity index (χ3v) is 12.3. The van der Waals surface area contributed by atoms with E-state index in [0.717, 1.165) is 55.4 Å². The molecule has 0 saturated carbocycles. The van der Waals surface area contributed by atoms with Gasteiger partial charge in [-0.05, 0) is 88.0 Å². The Hall–Kier alpha value is -7.63. The van der Waals surface area contributed by atoms with Gasteiger partial charge in [0.2, 0.25) is 0 Å². The van der Waals surface area contributed by atoms with E-state index in [1.54, 1.807) is 0 Å². The minimum atomic E-state index is -0.0820. The molecular weight excluding hydrogens is 721 g/mol. The van der Waals surface area contributed by atoms with Crippen LogP contribution in [0.25, 0.3) is 106 Å². The molecule has 0 N–H and O–H groups in total. The first-order valence-electron chi connectivity index (χ1n) is 20.1. The molecule has 0 aliphatic heterocycles. The number of aromatic nitrogens is 4. The standard InChI is InChI=1S/C54H36N4O/c1-54(2)44-21-11-9-18-39(44)42-31-35(25-28-45(42)54)52-55-51(33-14-5-3-6-15-33)56-53(57-52)36-24-27-41-49(32-36)59-48-23-13-20-38(50(41)48)34-26-29-47-43(30-34)40-19-10-12-22-46(40)58(47)37-16-7-4-8-17-37/h3-32H,1-2H3.